The van der Waals surface area contributed by atoms with Gasteiger partial charge in [-0.05, 0) is 21.5 Å². The zero-order valence-corrected chi connectivity index (χ0v) is 25.1. The third-order valence-electron chi connectivity index (χ3n) is 8.12. The van der Waals surface area contributed by atoms with Gasteiger partial charge in [-0.25, -0.2) is 0 Å². The van der Waals surface area contributed by atoms with Crippen molar-refractivity contribution in [2.75, 3.05) is 0 Å². The molecule has 0 radical (unpaired) electrons. The monoisotopic (exact) mass is 582 g/mol. The molecule has 3 heteroatoms. The second-order valence-corrected chi connectivity index (χ2v) is 14.0. The standard InChI is InChI=1S/C41H30O2Si/c42-39(33-23-11-3-12-24-33)37(31-19-7-1-8-20-31)41-38(32-21-9-2-10-22-32)40(34-25-13-4-14-26-34)43-44(41,35-27-15-5-16-28-35)36-29-17-6-18-30-36/h1-30H/b41-37-. The number of hydrogen-bond acceptors (Lipinski definition) is 2. The van der Waals surface area contributed by atoms with E-state index in [4.69, 9.17) is 4.43 Å². The first-order valence-electron chi connectivity index (χ1n) is 14.8. The molecule has 6 aromatic carbocycles. The Bertz CT molecular complexity index is 1910. The van der Waals surface area contributed by atoms with Crippen LogP contribution in [0.3, 0.4) is 0 Å². The van der Waals surface area contributed by atoms with Crippen LogP contribution in [0.25, 0.3) is 16.9 Å². The molecule has 44 heavy (non-hydrogen) atoms. The van der Waals surface area contributed by atoms with E-state index in [0.29, 0.717) is 11.1 Å². The van der Waals surface area contributed by atoms with Crippen LogP contribution in [0.4, 0.5) is 0 Å². The third-order valence-corrected chi connectivity index (χ3v) is 12.1. The first-order valence-corrected chi connectivity index (χ1v) is 16.7. The molecule has 0 bridgehead atoms. The number of hydrogen-bond donors (Lipinski definition) is 0. The average Bonchev–Trinajstić information content (AvgIpc) is 3.47. The fraction of sp³-hybridized carbons (Fsp3) is 0. The number of carbonyl (C=O) groups excluding carboxylic acids is 1. The van der Waals surface area contributed by atoms with Crippen LogP contribution in [-0.2, 0) is 4.43 Å². The van der Waals surface area contributed by atoms with Gasteiger partial charge >= 0.3 is 8.32 Å². The molecule has 0 saturated heterocycles. The Morgan fingerprint density at radius 3 is 1.30 bits per heavy atom. The normalized spacial score (nSPS) is 15.0. The Morgan fingerprint density at radius 1 is 0.432 bits per heavy atom. The Labute approximate surface area is 259 Å². The number of ketones is 1. The van der Waals surface area contributed by atoms with Crippen molar-refractivity contribution in [1.29, 1.82) is 0 Å². The van der Waals surface area contributed by atoms with Gasteiger partial charge in [-0.1, -0.05) is 182 Å². The summed E-state index contributed by atoms with van der Waals surface area (Å²) in [5, 5.41) is 3.12. The van der Waals surface area contributed by atoms with Crippen molar-refractivity contribution in [1.82, 2.24) is 0 Å². The van der Waals surface area contributed by atoms with Gasteiger partial charge in [0, 0.05) is 27.5 Å². The predicted molar refractivity (Wildman–Crippen MR) is 183 cm³/mol. The first kappa shape index (κ1) is 27.3. The molecule has 0 amide bonds. The smallest absolute Gasteiger partial charge is 0.348 e. The van der Waals surface area contributed by atoms with Crippen LogP contribution in [0.1, 0.15) is 27.0 Å². The molecule has 0 aromatic heterocycles. The lowest BCUT2D eigenvalue weighted by atomic mass is 9.91. The third kappa shape index (κ3) is 4.83. The zero-order chi connectivity index (χ0) is 29.8. The van der Waals surface area contributed by atoms with Crippen LogP contribution >= 0.6 is 0 Å². The van der Waals surface area contributed by atoms with Crippen LogP contribution in [0.15, 0.2) is 187 Å². The lowest BCUT2D eigenvalue weighted by Gasteiger charge is -2.31. The van der Waals surface area contributed by atoms with Gasteiger partial charge in [0.25, 0.3) is 0 Å². The molecule has 0 atom stereocenters. The van der Waals surface area contributed by atoms with E-state index in [1.807, 2.05) is 97.1 Å². The van der Waals surface area contributed by atoms with Crippen molar-refractivity contribution < 1.29 is 9.22 Å². The molecule has 6 aromatic rings. The minimum Gasteiger partial charge on any atom is -0.529 e. The minimum atomic E-state index is -3.36. The Balaban J connectivity index is 1.71. The Hall–Kier alpha value is -5.51. The van der Waals surface area contributed by atoms with Crippen molar-refractivity contribution in [3.8, 4) is 0 Å². The molecule has 0 N–H and O–H groups in total. The summed E-state index contributed by atoms with van der Waals surface area (Å²) in [7, 11) is -3.36. The molecule has 7 rings (SSSR count). The number of carbonyl (C=O) groups is 1. The van der Waals surface area contributed by atoms with Gasteiger partial charge in [-0.15, -0.1) is 0 Å². The van der Waals surface area contributed by atoms with Gasteiger partial charge in [-0.3, -0.25) is 4.79 Å². The van der Waals surface area contributed by atoms with Crippen molar-refractivity contribution in [3.63, 3.8) is 0 Å². The molecule has 0 fully saturated rings. The second kappa shape index (κ2) is 12.0. The Kier molecular flexibility index (Phi) is 7.45. The molecule has 0 aliphatic carbocycles. The topological polar surface area (TPSA) is 26.3 Å². The fourth-order valence-corrected chi connectivity index (χ4v) is 10.5. The summed E-state index contributed by atoms with van der Waals surface area (Å²) < 4.78 is 7.58. The minimum absolute atomic E-state index is 0.0260. The van der Waals surface area contributed by atoms with Gasteiger partial charge in [0.2, 0.25) is 0 Å². The zero-order valence-electron chi connectivity index (χ0n) is 24.1. The number of benzene rings is 6. The molecule has 210 valence electrons. The summed E-state index contributed by atoms with van der Waals surface area (Å²) in [6.07, 6.45) is 0. The van der Waals surface area contributed by atoms with Crippen molar-refractivity contribution in [2.24, 2.45) is 0 Å². The SMILES string of the molecule is O=C(/C(=C1/C(c2ccccc2)=C(c2ccccc2)O[Si]1(c1ccccc1)c1ccccc1)c1ccccc1)c1ccccc1. The molecule has 0 spiro atoms. The fourth-order valence-electron chi connectivity index (χ4n) is 6.17. The van der Waals surface area contributed by atoms with E-state index in [9.17, 15) is 4.79 Å². The quantitative estimate of drug-likeness (QED) is 0.108. The second-order valence-electron chi connectivity index (χ2n) is 10.8. The van der Waals surface area contributed by atoms with Gasteiger partial charge in [0.05, 0.1) is 0 Å². The lowest BCUT2D eigenvalue weighted by molar-refractivity contribution is 0.105. The van der Waals surface area contributed by atoms with Crippen molar-refractivity contribution in [3.05, 3.63) is 209 Å². The summed E-state index contributed by atoms with van der Waals surface area (Å²) in [5.41, 5.74) is 5.12. The average molecular weight is 583 g/mol. The summed E-state index contributed by atoms with van der Waals surface area (Å²) in [5.74, 6) is 0.766. The highest BCUT2D eigenvalue weighted by atomic mass is 28.4. The van der Waals surface area contributed by atoms with Crippen LogP contribution in [-0.4, -0.2) is 14.1 Å². The highest BCUT2D eigenvalue weighted by Gasteiger charge is 2.55. The van der Waals surface area contributed by atoms with E-state index < -0.39 is 8.32 Å². The predicted octanol–water partition coefficient (Wildman–Crippen LogP) is 8.22. The van der Waals surface area contributed by atoms with Crippen molar-refractivity contribution in [2.45, 2.75) is 0 Å². The maximum absolute atomic E-state index is 15.0. The highest BCUT2D eigenvalue weighted by Crippen LogP contribution is 2.49. The molecule has 1 heterocycles. The van der Waals surface area contributed by atoms with Crippen LogP contribution in [0, 0.1) is 0 Å². The van der Waals surface area contributed by atoms with E-state index in [-0.39, 0.29) is 5.78 Å². The van der Waals surface area contributed by atoms with E-state index in [0.717, 1.165) is 43.6 Å². The first-order chi connectivity index (χ1) is 21.8. The summed E-state index contributed by atoms with van der Waals surface area (Å²) in [6.45, 7) is 0. The highest BCUT2D eigenvalue weighted by molar-refractivity contribution is 7.07. The number of Topliss-reactive ketones (excluding diaryl/α,β-unsaturated/α-hetero) is 1. The molecular formula is C41H30O2Si. The number of allylic oxidation sites excluding steroid dienone is 3. The van der Waals surface area contributed by atoms with Crippen LogP contribution in [0.2, 0.25) is 0 Å². The van der Waals surface area contributed by atoms with Crippen LogP contribution < -0.4 is 10.4 Å². The maximum atomic E-state index is 15.0. The Morgan fingerprint density at radius 2 is 0.818 bits per heavy atom. The molecule has 2 nitrogen and oxygen atoms in total. The van der Waals surface area contributed by atoms with Gasteiger partial charge in [-0.2, -0.15) is 0 Å². The van der Waals surface area contributed by atoms with E-state index >= 15 is 0 Å². The summed E-state index contributed by atoms with van der Waals surface area (Å²) in [6, 6.07) is 61.3. The summed E-state index contributed by atoms with van der Waals surface area (Å²) in [4.78, 5) is 15.0. The van der Waals surface area contributed by atoms with Crippen LogP contribution in [0.5, 0.6) is 0 Å². The maximum Gasteiger partial charge on any atom is 0.348 e. The molecule has 1 aliphatic heterocycles. The van der Waals surface area contributed by atoms with Gasteiger partial charge in [0.15, 0.2) is 5.78 Å². The van der Waals surface area contributed by atoms with E-state index in [1.165, 1.54) is 0 Å². The number of rotatable bonds is 7. The van der Waals surface area contributed by atoms with Gasteiger partial charge in [0.1, 0.15) is 5.76 Å². The largest absolute Gasteiger partial charge is 0.529 e. The molecule has 1 aliphatic rings. The molecule has 0 saturated carbocycles. The molecule has 0 unspecified atom stereocenters. The van der Waals surface area contributed by atoms with E-state index in [1.54, 1.807) is 0 Å². The van der Waals surface area contributed by atoms with E-state index in [2.05, 4.69) is 84.9 Å². The van der Waals surface area contributed by atoms with Gasteiger partial charge < -0.3 is 4.43 Å². The molecular weight excluding hydrogens is 553 g/mol. The van der Waals surface area contributed by atoms with Crippen molar-refractivity contribution >= 4 is 41.4 Å². The lowest BCUT2D eigenvalue weighted by Crippen LogP contribution is -2.60. The summed E-state index contributed by atoms with van der Waals surface area (Å²) >= 11 is 0.